The van der Waals surface area contributed by atoms with Crippen molar-refractivity contribution in [3.8, 4) is 5.75 Å². The van der Waals surface area contributed by atoms with Gasteiger partial charge >= 0.3 is 0 Å². The normalized spacial score (nSPS) is 17.2. The zero-order valence-electron chi connectivity index (χ0n) is 12.7. The SMILES string of the molecule is Cc1nc(C)c(S(=O)(=O)Nc2ccc3c(c2)NC(=O)[C@@H](C)O3)s1. The molecule has 122 valence electrons. The van der Waals surface area contributed by atoms with Crippen molar-refractivity contribution in [3.05, 3.63) is 28.9 Å². The zero-order valence-corrected chi connectivity index (χ0v) is 14.3. The summed E-state index contributed by atoms with van der Waals surface area (Å²) in [5.74, 6) is 0.233. The summed E-state index contributed by atoms with van der Waals surface area (Å²) in [5.41, 5.74) is 1.24. The van der Waals surface area contributed by atoms with Gasteiger partial charge < -0.3 is 10.1 Å². The number of nitrogens with one attached hydrogen (secondary N) is 2. The number of carbonyl (C=O) groups excluding carboxylic acids is 1. The van der Waals surface area contributed by atoms with Gasteiger partial charge in [-0.2, -0.15) is 0 Å². The van der Waals surface area contributed by atoms with Crippen LogP contribution in [-0.2, 0) is 14.8 Å². The Kier molecular flexibility index (Phi) is 3.77. The maximum absolute atomic E-state index is 12.5. The zero-order chi connectivity index (χ0) is 16.8. The number of sulfonamides is 1. The number of rotatable bonds is 3. The summed E-state index contributed by atoms with van der Waals surface area (Å²) in [5, 5.41) is 3.37. The number of ether oxygens (including phenoxy) is 1. The number of anilines is 2. The molecule has 7 nitrogen and oxygen atoms in total. The Morgan fingerprint density at radius 3 is 2.74 bits per heavy atom. The number of hydrogen-bond acceptors (Lipinski definition) is 6. The number of amides is 1. The van der Waals surface area contributed by atoms with Crippen LogP contribution in [0, 0.1) is 13.8 Å². The first kappa shape index (κ1) is 15.8. The van der Waals surface area contributed by atoms with Gasteiger partial charge in [0, 0.05) is 0 Å². The highest BCUT2D eigenvalue weighted by atomic mass is 32.2. The van der Waals surface area contributed by atoms with Crippen LogP contribution in [0.15, 0.2) is 22.4 Å². The summed E-state index contributed by atoms with van der Waals surface area (Å²) < 4.78 is 33.0. The van der Waals surface area contributed by atoms with Crippen LogP contribution in [0.4, 0.5) is 11.4 Å². The molecule has 1 aromatic heterocycles. The van der Waals surface area contributed by atoms with Crippen molar-refractivity contribution in [2.45, 2.75) is 31.1 Å². The summed E-state index contributed by atoms with van der Waals surface area (Å²) >= 11 is 1.11. The maximum atomic E-state index is 12.5. The first-order chi connectivity index (χ1) is 10.8. The molecule has 0 fully saturated rings. The van der Waals surface area contributed by atoms with Crippen LogP contribution in [0.2, 0.25) is 0 Å². The number of fused-ring (bicyclic) bond motifs is 1. The Labute approximate surface area is 137 Å². The van der Waals surface area contributed by atoms with Gasteiger partial charge in [-0.3, -0.25) is 9.52 Å². The van der Waals surface area contributed by atoms with Crippen molar-refractivity contribution < 1.29 is 17.9 Å². The molecule has 3 rings (SSSR count). The van der Waals surface area contributed by atoms with E-state index in [4.69, 9.17) is 4.74 Å². The van der Waals surface area contributed by atoms with Crippen molar-refractivity contribution >= 4 is 38.6 Å². The average Bonchev–Trinajstić information content (AvgIpc) is 2.80. The van der Waals surface area contributed by atoms with Crippen LogP contribution >= 0.6 is 11.3 Å². The molecule has 1 aliphatic heterocycles. The van der Waals surface area contributed by atoms with E-state index in [1.807, 2.05) is 0 Å². The molecule has 1 aliphatic rings. The first-order valence-corrected chi connectivity index (χ1v) is 9.14. The smallest absolute Gasteiger partial charge is 0.273 e. The van der Waals surface area contributed by atoms with Crippen LogP contribution < -0.4 is 14.8 Å². The highest BCUT2D eigenvalue weighted by Crippen LogP contribution is 2.33. The number of carbonyl (C=O) groups is 1. The van der Waals surface area contributed by atoms with Gasteiger partial charge in [0.1, 0.15) is 5.75 Å². The van der Waals surface area contributed by atoms with Gasteiger partial charge in [0.05, 0.1) is 22.1 Å². The fraction of sp³-hybridized carbons (Fsp3) is 0.286. The molecule has 0 saturated heterocycles. The Morgan fingerprint density at radius 2 is 2.09 bits per heavy atom. The lowest BCUT2D eigenvalue weighted by atomic mass is 10.2. The molecule has 1 aromatic carbocycles. The van der Waals surface area contributed by atoms with Crippen LogP contribution in [0.5, 0.6) is 5.75 Å². The summed E-state index contributed by atoms with van der Waals surface area (Å²) in [6.07, 6.45) is -0.576. The van der Waals surface area contributed by atoms with Gasteiger partial charge in [0.25, 0.3) is 15.9 Å². The van der Waals surface area contributed by atoms with Gasteiger partial charge in [-0.15, -0.1) is 11.3 Å². The van der Waals surface area contributed by atoms with Crippen LogP contribution in [-0.4, -0.2) is 25.4 Å². The molecule has 0 radical (unpaired) electrons. The largest absolute Gasteiger partial charge is 0.479 e. The Hall–Kier alpha value is -2.13. The maximum Gasteiger partial charge on any atom is 0.273 e. The molecule has 0 unspecified atom stereocenters. The van der Waals surface area contributed by atoms with Crippen molar-refractivity contribution in [1.29, 1.82) is 0 Å². The Bertz CT molecular complexity index is 889. The molecule has 1 atom stereocenters. The predicted molar refractivity (Wildman–Crippen MR) is 87.6 cm³/mol. The highest BCUT2D eigenvalue weighted by molar-refractivity contribution is 7.94. The van der Waals surface area contributed by atoms with E-state index in [1.54, 1.807) is 32.9 Å². The fourth-order valence-corrected chi connectivity index (χ4v) is 4.77. The van der Waals surface area contributed by atoms with E-state index in [0.717, 1.165) is 11.3 Å². The van der Waals surface area contributed by atoms with Gasteiger partial charge in [-0.1, -0.05) is 0 Å². The molecule has 2 N–H and O–H groups in total. The molecule has 23 heavy (non-hydrogen) atoms. The van der Waals surface area contributed by atoms with Crippen LogP contribution in [0.25, 0.3) is 0 Å². The van der Waals surface area contributed by atoms with E-state index in [1.165, 1.54) is 6.07 Å². The van der Waals surface area contributed by atoms with E-state index < -0.39 is 16.1 Å². The van der Waals surface area contributed by atoms with E-state index in [0.29, 0.717) is 27.8 Å². The number of thiazole rings is 1. The summed E-state index contributed by atoms with van der Waals surface area (Å²) in [7, 11) is -3.72. The minimum Gasteiger partial charge on any atom is -0.479 e. The molecular formula is C14H15N3O4S2. The lowest BCUT2D eigenvalue weighted by molar-refractivity contribution is -0.122. The molecule has 0 bridgehead atoms. The van der Waals surface area contributed by atoms with Crippen molar-refractivity contribution in [1.82, 2.24) is 4.98 Å². The third-order valence-corrected chi connectivity index (χ3v) is 6.33. The summed E-state index contributed by atoms with van der Waals surface area (Å²) in [4.78, 5) is 15.8. The second-order valence-corrected chi connectivity index (χ2v) is 8.25. The number of nitrogens with zero attached hydrogens (tertiary/aromatic N) is 1. The third kappa shape index (κ3) is 3.02. The quantitative estimate of drug-likeness (QED) is 0.882. The van der Waals surface area contributed by atoms with Crippen LogP contribution in [0.1, 0.15) is 17.6 Å². The van der Waals surface area contributed by atoms with Crippen molar-refractivity contribution in [3.63, 3.8) is 0 Å². The summed E-state index contributed by atoms with van der Waals surface area (Å²) in [6.45, 7) is 5.05. The number of benzene rings is 1. The second-order valence-electron chi connectivity index (χ2n) is 5.17. The molecule has 0 aliphatic carbocycles. The monoisotopic (exact) mass is 353 g/mol. The predicted octanol–water partition coefficient (Wildman–Crippen LogP) is 2.28. The molecule has 9 heteroatoms. The minimum atomic E-state index is -3.72. The van der Waals surface area contributed by atoms with E-state index in [2.05, 4.69) is 15.0 Å². The van der Waals surface area contributed by atoms with E-state index in [9.17, 15) is 13.2 Å². The Morgan fingerprint density at radius 1 is 1.35 bits per heavy atom. The molecule has 0 saturated carbocycles. The number of hydrogen-bond donors (Lipinski definition) is 2. The average molecular weight is 353 g/mol. The van der Waals surface area contributed by atoms with Crippen LogP contribution in [0.3, 0.4) is 0 Å². The molecule has 0 spiro atoms. The second kappa shape index (κ2) is 5.50. The minimum absolute atomic E-state index is 0.182. The van der Waals surface area contributed by atoms with Crippen molar-refractivity contribution in [2.24, 2.45) is 0 Å². The Balaban J connectivity index is 1.91. The first-order valence-electron chi connectivity index (χ1n) is 6.85. The van der Waals surface area contributed by atoms with Gasteiger partial charge in [0.15, 0.2) is 10.3 Å². The van der Waals surface area contributed by atoms with Gasteiger partial charge in [-0.05, 0) is 39.0 Å². The molecular weight excluding hydrogens is 338 g/mol. The van der Waals surface area contributed by atoms with Crippen molar-refractivity contribution in [2.75, 3.05) is 10.0 Å². The van der Waals surface area contributed by atoms with Gasteiger partial charge in [-0.25, -0.2) is 13.4 Å². The lowest BCUT2D eigenvalue weighted by Gasteiger charge is -2.23. The number of aryl methyl sites for hydroxylation is 2. The summed E-state index contributed by atoms with van der Waals surface area (Å²) in [6, 6.07) is 4.73. The molecule has 2 heterocycles. The van der Waals surface area contributed by atoms with E-state index in [-0.39, 0.29) is 10.1 Å². The van der Waals surface area contributed by atoms with E-state index >= 15 is 0 Å². The third-order valence-electron chi connectivity index (χ3n) is 3.27. The molecule has 2 aromatic rings. The standard InChI is InChI=1S/C14H15N3O4S2/c1-7-14(22-9(3)15-7)23(19,20)17-10-4-5-12-11(6-10)16-13(18)8(2)21-12/h4-6,8,17H,1-3H3,(H,16,18)/t8-/m1/s1. The number of aromatic nitrogens is 1. The topological polar surface area (TPSA) is 97.4 Å². The highest BCUT2D eigenvalue weighted by Gasteiger charge is 2.25. The lowest BCUT2D eigenvalue weighted by Crippen LogP contribution is -2.34. The van der Waals surface area contributed by atoms with Gasteiger partial charge in [0.2, 0.25) is 0 Å². The fourth-order valence-electron chi connectivity index (χ4n) is 2.24. The molecule has 1 amide bonds.